The summed E-state index contributed by atoms with van der Waals surface area (Å²) in [6, 6.07) is 27.9. The Hall–Kier alpha value is -4.05. The Morgan fingerprint density at radius 2 is 1.53 bits per heavy atom. The monoisotopic (exact) mass is 693 g/mol. The zero-order chi connectivity index (χ0) is 33.4. The fourth-order valence-corrected chi connectivity index (χ4v) is 7.74. The van der Waals surface area contributed by atoms with Gasteiger partial charge < -0.3 is 15.0 Å². The van der Waals surface area contributed by atoms with E-state index in [-0.39, 0.29) is 41.2 Å². The standard InChI is InChI=1S/C36H37Cl2N3O5S/c1-46-34-19-11-10-18-32(34)41(47(44,45)30-16-6-3-7-17-30)25-35(42)40(24-27-20-21-28(37)23-31(27)38)33(22-26-12-4-2-5-13-26)36(43)39-29-14-8-9-15-29/h2-7,10-13,16-21,23,29,33H,8-9,14-15,22,24-25H2,1H3,(H,39,43). The summed E-state index contributed by atoms with van der Waals surface area (Å²) < 4.78 is 35.0. The van der Waals surface area contributed by atoms with Crippen LogP contribution in [0, 0.1) is 0 Å². The fourth-order valence-electron chi connectivity index (χ4n) is 5.82. The van der Waals surface area contributed by atoms with Crippen molar-refractivity contribution >= 4 is 50.7 Å². The molecule has 0 aromatic heterocycles. The molecule has 0 bridgehead atoms. The van der Waals surface area contributed by atoms with Gasteiger partial charge in [0.15, 0.2) is 0 Å². The Morgan fingerprint density at radius 3 is 2.19 bits per heavy atom. The van der Waals surface area contributed by atoms with Gasteiger partial charge in [0, 0.05) is 29.1 Å². The molecule has 2 amide bonds. The molecule has 0 aliphatic heterocycles. The topological polar surface area (TPSA) is 96.0 Å². The van der Waals surface area contributed by atoms with Crippen molar-refractivity contribution in [3.8, 4) is 5.75 Å². The van der Waals surface area contributed by atoms with Crippen LogP contribution in [0.15, 0.2) is 108 Å². The van der Waals surface area contributed by atoms with Gasteiger partial charge >= 0.3 is 0 Å². The van der Waals surface area contributed by atoms with Crippen LogP contribution >= 0.6 is 23.2 Å². The number of halogens is 2. The highest BCUT2D eigenvalue weighted by molar-refractivity contribution is 7.92. The lowest BCUT2D eigenvalue weighted by Crippen LogP contribution is -2.54. The summed E-state index contributed by atoms with van der Waals surface area (Å²) in [5.41, 5.74) is 1.59. The predicted molar refractivity (Wildman–Crippen MR) is 185 cm³/mol. The third-order valence-electron chi connectivity index (χ3n) is 8.29. The SMILES string of the molecule is COc1ccccc1N(CC(=O)N(Cc1ccc(Cl)cc1Cl)C(Cc1ccccc1)C(=O)NC1CCCC1)S(=O)(=O)c1ccccc1. The van der Waals surface area contributed by atoms with Gasteiger partial charge in [-0.05, 0) is 60.4 Å². The smallest absolute Gasteiger partial charge is 0.264 e. The number of ether oxygens (including phenoxy) is 1. The second-order valence-electron chi connectivity index (χ2n) is 11.4. The van der Waals surface area contributed by atoms with Crippen LogP contribution in [0.2, 0.25) is 10.0 Å². The number of amides is 2. The molecule has 1 aliphatic rings. The first-order chi connectivity index (χ1) is 22.7. The number of nitrogens with one attached hydrogen (secondary N) is 1. The third kappa shape index (κ3) is 8.46. The molecule has 8 nitrogen and oxygen atoms in total. The molecular weight excluding hydrogens is 657 g/mol. The molecule has 0 spiro atoms. The van der Waals surface area contributed by atoms with E-state index in [2.05, 4.69) is 5.32 Å². The summed E-state index contributed by atoms with van der Waals surface area (Å²) in [6.45, 7) is -0.666. The van der Waals surface area contributed by atoms with Crippen LogP contribution in [0.3, 0.4) is 0 Å². The van der Waals surface area contributed by atoms with Crippen molar-refractivity contribution in [2.75, 3.05) is 18.0 Å². The average Bonchev–Trinajstić information content (AvgIpc) is 3.59. The van der Waals surface area contributed by atoms with E-state index in [0.29, 0.717) is 15.6 Å². The van der Waals surface area contributed by atoms with Crippen molar-refractivity contribution in [2.45, 2.75) is 55.6 Å². The van der Waals surface area contributed by atoms with Crippen molar-refractivity contribution in [1.29, 1.82) is 0 Å². The van der Waals surface area contributed by atoms with Gasteiger partial charge in [-0.3, -0.25) is 13.9 Å². The number of sulfonamides is 1. The number of carbonyl (C=O) groups excluding carboxylic acids is 2. The maximum atomic E-state index is 14.7. The van der Waals surface area contributed by atoms with Gasteiger partial charge in [0.25, 0.3) is 10.0 Å². The van der Waals surface area contributed by atoms with E-state index in [9.17, 15) is 18.0 Å². The Morgan fingerprint density at radius 1 is 0.894 bits per heavy atom. The third-order valence-corrected chi connectivity index (χ3v) is 10.7. The van der Waals surface area contributed by atoms with E-state index in [1.165, 1.54) is 24.1 Å². The van der Waals surface area contributed by atoms with Gasteiger partial charge in [-0.2, -0.15) is 0 Å². The van der Waals surface area contributed by atoms with E-state index in [1.807, 2.05) is 30.3 Å². The summed E-state index contributed by atoms with van der Waals surface area (Å²) in [7, 11) is -2.83. The first kappa shape index (κ1) is 34.3. The number of rotatable bonds is 13. The first-order valence-electron chi connectivity index (χ1n) is 15.5. The molecule has 1 saturated carbocycles. The largest absolute Gasteiger partial charge is 0.495 e. The lowest BCUT2D eigenvalue weighted by Gasteiger charge is -2.34. The normalized spacial score (nSPS) is 13.9. The van der Waals surface area contributed by atoms with Crippen LogP contribution < -0.4 is 14.4 Å². The quantitative estimate of drug-likeness (QED) is 0.164. The average molecular weight is 695 g/mol. The molecule has 0 heterocycles. The maximum Gasteiger partial charge on any atom is 0.264 e. The number of methoxy groups -OCH3 is 1. The van der Waals surface area contributed by atoms with Crippen LogP contribution in [0.5, 0.6) is 5.75 Å². The molecule has 47 heavy (non-hydrogen) atoms. The molecule has 0 radical (unpaired) electrons. The van der Waals surface area contributed by atoms with Gasteiger partial charge in [0.05, 0.1) is 17.7 Å². The second-order valence-corrected chi connectivity index (χ2v) is 14.2. The predicted octanol–water partition coefficient (Wildman–Crippen LogP) is 6.90. The number of nitrogens with zero attached hydrogens (tertiary/aromatic N) is 2. The summed E-state index contributed by atoms with van der Waals surface area (Å²) in [5, 5.41) is 3.91. The number of hydrogen-bond donors (Lipinski definition) is 1. The molecule has 0 saturated heterocycles. The van der Waals surface area contributed by atoms with Gasteiger partial charge in [-0.15, -0.1) is 0 Å². The van der Waals surface area contributed by atoms with Gasteiger partial charge in [-0.1, -0.05) is 103 Å². The van der Waals surface area contributed by atoms with Crippen LogP contribution in [-0.2, 0) is 32.6 Å². The number of carbonyl (C=O) groups is 2. The molecule has 1 atom stereocenters. The summed E-state index contributed by atoms with van der Waals surface area (Å²) >= 11 is 12.8. The zero-order valence-electron chi connectivity index (χ0n) is 26.0. The molecule has 1 unspecified atom stereocenters. The van der Waals surface area contributed by atoms with E-state index in [4.69, 9.17) is 27.9 Å². The number of benzene rings is 4. The van der Waals surface area contributed by atoms with E-state index < -0.39 is 28.5 Å². The number of para-hydroxylation sites is 2. The highest BCUT2D eigenvalue weighted by atomic mass is 35.5. The van der Waals surface area contributed by atoms with Crippen molar-refractivity contribution in [3.63, 3.8) is 0 Å². The molecule has 1 aliphatic carbocycles. The minimum absolute atomic E-state index is 0.000354. The van der Waals surface area contributed by atoms with Gasteiger partial charge in [0.2, 0.25) is 11.8 Å². The Kier molecular flexibility index (Phi) is 11.4. The molecule has 11 heteroatoms. The van der Waals surface area contributed by atoms with Gasteiger partial charge in [0.1, 0.15) is 18.3 Å². The number of hydrogen-bond acceptors (Lipinski definition) is 5. The Bertz CT molecular complexity index is 1790. The molecule has 5 rings (SSSR count). The lowest BCUT2D eigenvalue weighted by molar-refractivity contribution is -0.140. The molecule has 4 aromatic carbocycles. The molecule has 1 fully saturated rings. The van der Waals surface area contributed by atoms with E-state index >= 15 is 0 Å². The van der Waals surface area contributed by atoms with Crippen molar-refractivity contribution in [1.82, 2.24) is 10.2 Å². The first-order valence-corrected chi connectivity index (χ1v) is 17.7. The molecule has 246 valence electrons. The van der Waals surface area contributed by atoms with Crippen LogP contribution in [0.1, 0.15) is 36.8 Å². The molecular formula is C36H37Cl2N3O5S. The van der Waals surface area contributed by atoms with E-state index in [1.54, 1.807) is 60.7 Å². The molecule has 1 N–H and O–H groups in total. The fraction of sp³-hybridized carbons (Fsp3) is 0.278. The van der Waals surface area contributed by atoms with E-state index in [0.717, 1.165) is 35.6 Å². The highest BCUT2D eigenvalue weighted by Crippen LogP contribution is 2.33. The maximum absolute atomic E-state index is 14.7. The van der Waals surface area contributed by atoms with Crippen LogP contribution in [-0.4, -0.2) is 50.9 Å². The van der Waals surface area contributed by atoms with Crippen molar-refractivity contribution in [2.24, 2.45) is 0 Å². The Balaban J connectivity index is 1.60. The summed E-state index contributed by atoms with van der Waals surface area (Å²) in [5.74, 6) is -0.634. The highest BCUT2D eigenvalue weighted by Gasteiger charge is 2.36. The minimum Gasteiger partial charge on any atom is -0.495 e. The van der Waals surface area contributed by atoms with Crippen molar-refractivity contribution < 1.29 is 22.7 Å². The van der Waals surface area contributed by atoms with Gasteiger partial charge in [-0.25, -0.2) is 8.42 Å². The van der Waals surface area contributed by atoms with Crippen LogP contribution in [0.25, 0.3) is 0 Å². The summed E-state index contributed by atoms with van der Waals surface area (Å²) in [6.07, 6.45) is 3.96. The minimum atomic E-state index is -4.26. The Labute approximate surface area is 286 Å². The molecule has 4 aromatic rings. The number of anilines is 1. The second kappa shape index (κ2) is 15.7. The lowest BCUT2D eigenvalue weighted by atomic mass is 10.0. The summed E-state index contributed by atoms with van der Waals surface area (Å²) in [4.78, 5) is 30.3. The van der Waals surface area contributed by atoms with Crippen molar-refractivity contribution in [3.05, 3.63) is 124 Å². The van der Waals surface area contributed by atoms with Crippen LogP contribution in [0.4, 0.5) is 5.69 Å². The zero-order valence-corrected chi connectivity index (χ0v) is 28.3.